The van der Waals surface area contributed by atoms with E-state index in [0.29, 0.717) is 0 Å². The molecule has 0 aliphatic carbocycles. The lowest BCUT2D eigenvalue weighted by molar-refractivity contribution is 0.462. The summed E-state index contributed by atoms with van der Waals surface area (Å²) in [7, 11) is 4.14. The zero-order valence-corrected chi connectivity index (χ0v) is 18.5. The smallest absolute Gasteiger partial charge is 0.194 e. The van der Waals surface area contributed by atoms with Crippen molar-refractivity contribution in [2.45, 2.75) is 19.9 Å². The first-order valence-corrected chi connectivity index (χ1v) is 9.10. The van der Waals surface area contributed by atoms with Crippen LogP contribution in [-0.4, -0.2) is 35.6 Å². The standard InChI is InChI=1S/C16H23BrN4S.HI/c1-4-18-16(19-8-7-15-6-5-9-22-15)21(3)12-14-10-13(17)11-20(14)2;/h5-6,9-11H,4,7-8,12H2,1-3H3,(H,18,19);1H. The van der Waals surface area contributed by atoms with Gasteiger partial charge in [-0.25, -0.2) is 0 Å². The van der Waals surface area contributed by atoms with Gasteiger partial charge < -0.3 is 14.8 Å². The number of aliphatic imine (C=N–C) groups is 1. The van der Waals surface area contributed by atoms with E-state index in [9.17, 15) is 0 Å². The van der Waals surface area contributed by atoms with Crippen molar-refractivity contribution in [1.82, 2.24) is 14.8 Å². The molecule has 0 amide bonds. The summed E-state index contributed by atoms with van der Waals surface area (Å²) in [6.07, 6.45) is 3.07. The van der Waals surface area contributed by atoms with Gasteiger partial charge in [0.2, 0.25) is 0 Å². The zero-order valence-electron chi connectivity index (χ0n) is 13.8. The minimum absolute atomic E-state index is 0. The molecular formula is C16H24BrIN4S. The van der Waals surface area contributed by atoms with Crippen LogP contribution in [0.15, 0.2) is 39.2 Å². The van der Waals surface area contributed by atoms with Crippen LogP contribution in [-0.2, 0) is 20.0 Å². The molecule has 0 saturated heterocycles. The Balaban J connectivity index is 0.00000264. The molecular weight excluding hydrogens is 487 g/mol. The molecule has 0 aliphatic heterocycles. The average Bonchev–Trinajstić information content (AvgIpc) is 3.08. The average molecular weight is 511 g/mol. The summed E-state index contributed by atoms with van der Waals surface area (Å²) in [4.78, 5) is 8.29. The molecule has 2 heterocycles. The third-order valence-electron chi connectivity index (χ3n) is 3.37. The number of nitrogens with zero attached hydrogens (tertiary/aromatic N) is 3. The molecule has 0 unspecified atom stereocenters. The van der Waals surface area contributed by atoms with Gasteiger partial charge >= 0.3 is 0 Å². The summed E-state index contributed by atoms with van der Waals surface area (Å²) in [5.41, 5.74) is 1.25. The first kappa shape index (κ1) is 20.5. The normalized spacial score (nSPS) is 11.2. The van der Waals surface area contributed by atoms with Gasteiger partial charge in [-0.05, 0) is 40.4 Å². The number of thiophene rings is 1. The number of halogens is 2. The van der Waals surface area contributed by atoms with Crippen molar-refractivity contribution in [3.63, 3.8) is 0 Å². The molecule has 1 N–H and O–H groups in total. The maximum Gasteiger partial charge on any atom is 0.194 e. The highest BCUT2D eigenvalue weighted by Crippen LogP contribution is 2.15. The topological polar surface area (TPSA) is 32.6 Å². The molecule has 2 aromatic heterocycles. The van der Waals surface area contributed by atoms with Crippen molar-refractivity contribution in [1.29, 1.82) is 0 Å². The molecule has 0 spiro atoms. The van der Waals surface area contributed by atoms with Crippen LogP contribution in [0.5, 0.6) is 0 Å². The fourth-order valence-electron chi connectivity index (χ4n) is 2.24. The summed E-state index contributed by atoms with van der Waals surface area (Å²) in [5.74, 6) is 0.955. The summed E-state index contributed by atoms with van der Waals surface area (Å²) in [6.45, 7) is 4.61. The first-order chi connectivity index (χ1) is 10.6. The Morgan fingerprint density at radius 1 is 1.48 bits per heavy atom. The Bertz CT molecular complexity index is 610. The number of guanidine groups is 1. The summed E-state index contributed by atoms with van der Waals surface area (Å²) in [5, 5.41) is 5.48. The second kappa shape index (κ2) is 10.4. The second-order valence-electron chi connectivity index (χ2n) is 5.18. The van der Waals surface area contributed by atoms with Crippen molar-refractivity contribution in [3.8, 4) is 0 Å². The number of nitrogens with one attached hydrogen (secondary N) is 1. The molecule has 0 bridgehead atoms. The maximum absolute atomic E-state index is 4.74. The lowest BCUT2D eigenvalue weighted by atomic mass is 10.3. The number of rotatable bonds is 6. The first-order valence-electron chi connectivity index (χ1n) is 7.42. The number of hydrogen-bond donors (Lipinski definition) is 1. The van der Waals surface area contributed by atoms with Crippen LogP contribution in [0.2, 0.25) is 0 Å². The van der Waals surface area contributed by atoms with Gasteiger partial charge in [-0.15, -0.1) is 35.3 Å². The van der Waals surface area contributed by atoms with Gasteiger partial charge in [0.15, 0.2) is 5.96 Å². The Kier molecular flexibility index (Phi) is 9.23. The zero-order chi connectivity index (χ0) is 15.9. The molecule has 0 saturated carbocycles. The van der Waals surface area contributed by atoms with Gasteiger partial charge in [-0.3, -0.25) is 4.99 Å². The van der Waals surface area contributed by atoms with Crippen molar-refractivity contribution in [2.24, 2.45) is 12.0 Å². The molecule has 2 aromatic rings. The van der Waals surface area contributed by atoms with Gasteiger partial charge in [0.1, 0.15) is 0 Å². The minimum Gasteiger partial charge on any atom is -0.357 e. The van der Waals surface area contributed by atoms with E-state index in [0.717, 1.165) is 36.5 Å². The van der Waals surface area contributed by atoms with Crippen LogP contribution in [0.1, 0.15) is 17.5 Å². The fourth-order valence-corrected chi connectivity index (χ4v) is 3.51. The van der Waals surface area contributed by atoms with Crippen LogP contribution < -0.4 is 5.32 Å². The molecule has 0 aliphatic rings. The van der Waals surface area contributed by atoms with Crippen molar-refractivity contribution in [3.05, 3.63) is 44.8 Å². The highest BCUT2D eigenvalue weighted by atomic mass is 127. The van der Waals surface area contributed by atoms with Crippen LogP contribution in [0.4, 0.5) is 0 Å². The molecule has 0 atom stereocenters. The number of aryl methyl sites for hydroxylation is 1. The van der Waals surface area contributed by atoms with Crippen molar-refractivity contribution in [2.75, 3.05) is 20.1 Å². The summed E-state index contributed by atoms with van der Waals surface area (Å²) >= 11 is 5.31. The highest BCUT2D eigenvalue weighted by molar-refractivity contribution is 14.0. The molecule has 7 heteroatoms. The predicted octanol–water partition coefficient (Wildman–Crippen LogP) is 4.11. The Labute approximate surface area is 168 Å². The largest absolute Gasteiger partial charge is 0.357 e. The molecule has 2 rings (SSSR count). The van der Waals surface area contributed by atoms with Crippen molar-refractivity contribution < 1.29 is 0 Å². The van der Waals surface area contributed by atoms with E-state index in [1.54, 1.807) is 11.3 Å². The van der Waals surface area contributed by atoms with Gasteiger partial charge in [0.05, 0.1) is 6.54 Å². The van der Waals surface area contributed by atoms with Crippen LogP contribution in [0, 0.1) is 0 Å². The molecule has 4 nitrogen and oxygen atoms in total. The SMILES string of the molecule is CCNC(=NCCc1cccs1)N(C)Cc1cc(Br)cn1C.I. The number of hydrogen-bond acceptors (Lipinski definition) is 2. The lowest BCUT2D eigenvalue weighted by Crippen LogP contribution is -2.39. The van der Waals surface area contributed by atoms with Gasteiger partial charge in [-0.1, -0.05) is 6.07 Å². The minimum atomic E-state index is 0. The van der Waals surface area contributed by atoms with E-state index in [1.165, 1.54) is 10.6 Å². The van der Waals surface area contributed by atoms with Crippen molar-refractivity contribution >= 4 is 57.2 Å². The third-order valence-corrected chi connectivity index (χ3v) is 4.74. The third kappa shape index (κ3) is 6.46. The monoisotopic (exact) mass is 510 g/mol. The number of aromatic nitrogens is 1. The second-order valence-corrected chi connectivity index (χ2v) is 7.13. The van der Waals surface area contributed by atoms with Gasteiger partial charge in [0, 0.05) is 54.8 Å². The summed E-state index contributed by atoms with van der Waals surface area (Å²) in [6, 6.07) is 6.40. The quantitative estimate of drug-likeness (QED) is 0.360. The Morgan fingerprint density at radius 2 is 2.26 bits per heavy atom. The van der Waals surface area contributed by atoms with E-state index < -0.39 is 0 Å². The van der Waals surface area contributed by atoms with Gasteiger partial charge in [-0.2, -0.15) is 0 Å². The molecule has 23 heavy (non-hydrogen) atoms. The van der Waals surface area contributed by atoms with E-state index >= 15 is 0 Å². The van der Waals surface area contributed by atoms with E-state index in [-0.39, 0.29) is 24.0 Å². The molecule has 0 radical (unpaired) electrons. The van der Waals surface area contributed by atoms with Gasteiger partial charge in [0.25, 0.3) is 0 Å². The lowest BCUT2D eigenvalue weighted by Gasteiger charge is -2.22. The van der Waals surface area contributed by atoms with E-state index in [2.05, 4.69) is 81.5 Å². The Morgan fingerprint density at radius 3 is 2.83 bits per heavy atom. The van der Waals surface area contributed by atoms with E-state index in [1.807, 2.05) is 0 Å². The molecule has 0 aromatic carbocycles. The highest BCUT2D eigenvalue weighted by Gasteiger charge is 2.09. The fraction of sp³-hybridized carbons (Fsp3) is 0.438. The Hall–Kier alpha value is -0.540. The molecule has 0 fully saturated rings. The van der Waals surface area contributed by atoms with Crippen LogP contribution in [0.25, 0.3) is 0 Å². The predicted molar refractivity (Wildman–Crippen MR) is 114 cm³/mol. The van der Waals surface area contributed by atoms with Crippen LogP contribution >= 0.6 is 51.2 Å². The molecule has 128 valence electrons. The van der Waals surface area contributed by atoms with E-state index in [4.69, 9.17) is 4.99 Å². The van der Waals surface area contributed by atoms with Crippen LogP contribution in [0.3, 0.4) is 0 Å². The summed E-state index contributed by atoms with van der Waals surface area (Å²) < 4.78 is 3.24. The maximum atomic E-state index is 4.74.